The van der Waals surface area contributed by atoms with Gasteiger partial charge in [0.05, 0.1) is 25.6 Å². The first-order chi connectivity index (χ1) is 9.25. The zero-order valence-electron chi connectivity index (χ0n) is 12.3. The van der Waals surface area contributed by atoms with Crippen molar-refractivity contribution >= 4 is 23.2 Å². The van der Waals surface area contributed by atoms with Gasteiger partial charge in [0.1, 0.15) is 0 Å². The molecule has 1 aromatic heterocycles. The first-order valence-electron chi connectivity index (χ1n) is 6.42. The lowest BCUT2D eigenvalue weighted by atomic mass is 9.86. The fourth-order valence-corrected chi connectivity index (χ4v) is 2.40. The highest BCUT2D eigenvalue weighted by Crippen LogP contribution is 2.24. The van der Waals surface area contributed by atoms with Crippen molar-refractivity contribution in [2.75, 3.05) is 7.11 Å². The van der Waals surface area contributed by atoms with Crippen LogP contribution in [0, 0.1) is 5.41 Å². The van der Waals surface area contributed by atoms with Gasteiger partial charge in [-0.05, 0) is 16.9 Å². The zero-order chi connectivity index (χ0) is 15.3. The van der Waals surface area contributed by atoms with E-state index < -0.39 is 12.1 Å². The van der Waals surface area contributed by atoms with Crippen LogP contribution in [-0.2, 0) is 14.3 Å². The van der Waals surface area contributed by atoms with Crippen LogP contribution in [0.3, 0.4) is 0 Å². The Bertz CT molecular complexity index is 451. The summed E-state index contributed by atoms with van der Waals surface area (Å²) in [6, 6.07) is 2.72. The number of esters is 1. The van der Waals surface area contributed by atoms with E-state index in [9.17, 15) is 9.59 Å². The number of hydrogen-bond donors (Lipinski definition) is 2. The van der Waals surface area contributed by atoms with Crippen molar-refractivity contribution < 1.29 is 14.3 Å². The molecule has 3 N–H and O–H groups in total. The third-order valence-corrected chi connectivity index (χ3v) is 4.00. The van der Waals surface area contributed by atoms with Gasteiger partial charge in [0.25, 0.3) is 0 Å². The van der Waals surface area contributed by atoms with Gasteiger partial charge in [0, 0.05) is 4.88 Å². The first kappa shape index (κ1) is 16.7. The maximum absolute atomic E-state index is 12.2. The Hall–Kier alpha value is -1.40. The van der Waals surface area contributed by atoms with Gasteiger partial charge in [-0.2, -0.15) is 0 Å². The molecule has 5 nitrogen and oxygen atoms in total. The molecule has 1 heterocycles. The predicted molar refractivity (Wildman–Crippen MR) is 79.3 cm³/mol. The average molecular weight is 298 g/mol. The van der Waals surface area contributed by atoms with Gasteiger partial charge < -0.3 is 15.8 Å². The molecule has 0 radical (unpaired) electrons. The summed E-state index contributed by atoms with van der Waals surface area (Å²) in [5.41, 5.74) is 5.60. The summed E-state index contributed by atoms with van der Waals surface area (Å²) in [4.78, 5) is 24.6. The van der Waals surface area contributed by atoms with Crippen molar-refractivity contribution in [3.05, 3.63) is 22.4 Å². The highest BCUT2D eigenvalue weighted by atomic mass is 32.1. The molecule has 1 amide bonds. The second-order valence-electron chi connectivity index (χ2n) is 5.70. The van der Waals surface area contributed by atoms with Crippen molar-refractivity contribution in [1.29, 1.82) is 0 Å². The molecule has 0 saturated heterocycles. The summed E-state index contributed by atoms with van der Waals surface area (Å²) in [6.07, 6.45) is 0.0968. The summed E-state index contributed by atoms with van der Waals surface area (Å²) < 4.78 is 4.67. The topological polar surface area (TPSA) is 81.4 Å². The lowest BCUT2D eigenvalue weighted by molar-refractivity contribution is -0.141. The van der Waals surface area contributed by atoms with E-state index >= 15 is 0 Å². The van der Waals surface area contributed by atoms with E-state index in [4.69, 9.17) is 5.73 Å². The molecule has 0 fully saturated rings. The maximum Gasteiger partial charge on any atom is 0.307 e. The molecule has 0 aliphatic rings. The van der Waals surface area contributed by atoms with E-state index in [1.165, 1.54) is 18.4 Å². The van der Waals surface area contributed by atoms with E-state index in [0.717, 1.165) is 4.88 Å². The van der Waals surface area contributed by atoms with Gasteiger partial charge >= 0.3 is 5.97 Å². The molecular weight excluding hydrogens is 276 g/mol. The number of hydrogen-bond acceptors (Lipinski definition) is 5. The lowest BCUT2D eigenvalue weighted by Gasteiger charge is -2.27. The minimum absolute atomic E-state index is 0.0968. The van der Waals surface area contributed by atoms with Crippen LogP contribution in [0.15, 0.2) is 17.5 Å². The largest absolute Gasteiger partial charge is 0.469 e. The molecular formula is C14H22N2O3S. The third-order valence-electron chi connectivity index (χ3n) is 3.02. The van der Waals surface area contributed by atoms with E-state index in [-0.39, 0.29) is 23.7 Å². The zero-order valence-corrected chi connectivity index (χ0v) is 13.1. The molecule has 1 rings (SSSR count). The number of carbonyl (C=O) groups is 2. The Morgan fingerprint density at radius 3 is 2.55 bits per heavy atom. The molecule has 0 aliphatic carbocycles. The molecule has 112 valence electrons. The van der Waals surface area contributed by atoms with E-state index in [1.807, 2.05) is 38.3 Å². The number of methoxy groups -OCH3 is 1. The SMILES string of the molecule is COC(=O)CC(NC(=O)C(N)C(C)(C)C)c1cccs1. The van der Waals surface area contributed by atoms with E-state index in [2.05, 4.69) is 10.1 Å². The maximum atomic E-state index is 12.2. The van der Waals surface area contributed by atoms with Crippen molar-refractivity contribution in [1.82, 2.24) is 5.32 Å². The minimum atomic E-state index is -0.636. The molecule has 20 heavy (non-hydrogen) atoms. The minimum Gasteiger partial charge on any atom is -0.469 e. The molecule has 0 saturated carbocycles. The van der Waals surface area contributed by atoms with Gasteiger partial charge in [0.15, 0.2) is 0 Å². The van der Waals surface area contributed by atoms with Crippen LogP contribution in [0.2, 0.25) is 0 Å². The van der Waals surface area contributed by atoms with Crippen LogP contribution in [0.1, 0.15) is 38.1 Å². The molecule has 1 aromatic rings. The third kappa shape index (κ3) is 4.61. The number of thiophene rings is 1. The number of amides is 1. The number of nitrogens with one attached hydrogen (secondary N) is 1. The number of carbonyl (C=O) groups excluding carboxylic acids is 2. The predicted octanol–water partition coefficient (Wildman–Crippen LogP) is 1.84. The molecule has 0 spiro atoms. The second-order valence-corrected chi connectivity index (χ2v) is 6.68. The van der Waals surface area contributed by atoms with Crippen LogP contribution in [0.4, 0.5) is 0 Å². The van der Waals surface area contributed by atoms with Gasteiger partial charge in [-0.25, -0.2) is 0 Å². The Labute approximate surface area is 123 Å². The van der Waals surface area contributed by atoms with Crippen molar-refractivity contribution in [3.8, 4) is 0 Å². The smallest absolute Gasteiger partial charge is 0.307 e. The first-order valence-corrected chi connectivity index (χ1v) is 7.30. The summed E-state index contributed by atoms with van der Waals surface area (Å²) in [7, 11) is 1.33. The fraction of sp³-hybridized carbons (Fsp3) is 0.571. The number of rotatable bonds is 5. The van der Waals surface area contributed by atoms with Gasteiger partial charge in [-0.1, -0.05) is 26.8 Å². The molecule has 0 aliphatic heterocycles. The monoisotopic (exact) mass is 298 g/mol. The van der Waals surface area contributed by atoms with Gasteiger partial charge in [0.2, 0.25) is 5.91 Å². The van der Waals surface area contributed by atoms with Crippen LogP contribution in [0.5, 0.6) is 0 Å². The van der Waals surface area contributed by atoms with Crippen LogP contribution >= 0.6 is 11.3 Å². The van der Waals surface area contributed by atoms with E-state index in [1.54, 1.807) is 0 Å². The Balaban J connectivity index is 2.80. The van der Waals surface area contributed by atoms with Crippen LogP contribution in [-0.4, -0.2) is 25.0 Å². The Morgan fingerprint density at radius 2 is 2.10 bits per heavy atom. The van der Waals surface area contributed by atoms with Crippen molar-refractivity contribution in [2.45, 2.75) is 39.3 Å². The number of nitrogens with two attached hydrogens (primary N) is 1. The summed E-state index contributed by atoms with van der Waals surface area (Å²) in [6.45, 7) is 5.70. The van der Waals surface area contributed by atoms with Crippen molar-refractivity contribution in [2.24, 2.45) is 11.1 Å². The van der Waals surface area contributed by atoms with Crippen LogP contribution < -0.4 is 11.1 Å². The lowest BCUT2D eigenvalue weighted by Crippen LogP contribution is -2.49. The fourth-order valence-electron chi connectivity index (χ4n) is 1.62. The molecule has 6 heteroatoms. The molecule has 2 atom stereocenters. The van der Waals surface area contributed by atoms with Crippen LogP contribution in [0.25, 0.3) is 0 Å². The Morgan fingerprint density at radius 1 is 1.45 bits per heavy atom. The Kier molecular flexibility index (Phi) is 5.71. The number of ether oxygens (including phenoxy) is 1. The summed E-state index contributed by atoms with van der Waals surface area (Å²) >= 11 is 1.48. The van der Waals surface area contributed by atoms with E-state index in [0.29, 0.717) is 0 Å². The quantitative estimate of drug-likeness (QED) is 0.813. The normalized spacial score (nSPS) is 14.4. The summed E-state index contributed by atoms with van der Waals surface area (Å²) in [5, 5.41) is 4.73. The standard InChI is InChI=1S/C14H22N2O3S/c1-14(2,3)12(15)13(18)16-9(8-11(17)19-4)10-6-5-7-20-10/h5-7,9,12H,8,15H2,1-4H3,(H,16,18). The second kappa shape index (κ2) is 6.85. The molecule has 0 bridgehead atoms. The van der Waals surface area contributed by atoms with Crippen molar-refractivity contribution in [3.63, 3.8) is 0 Å². The molecule has 2 unspecified atom stereocenters. The highest BCUT2D eigenvalue weighted by Gasteiger charge is 2.30. The van der Waals surface area contributed by atoms with Gasteiger partial charge in [-0.3, -0.25) is 9.59 Å². The highest BCUT2D eigenvalue weighted by molar-refractivity contribution is 7.10. The average Bonchev–Trinajstić information content (AvgIpc) is 2.89. The summed E-state index contributed by atoms with van der Waals surface area (Å²) in [5.74, 6) is -0.632. The van der Waals surface area contributed by atoms with Gasteiger partial charge in [-0.15, -0.1) is 11.3 Å². The molecule has 0 aromatic carbocycles.